The first kappa shape index (κ1) is 13.5. The molecule has 0 amide bonds. The van der Waals surface area contributed by atoms with Crippen molar-refractivity contribution in [2.24, 2.45) is 0 Å². The summed E-state index contributed by atoms with van der Waals surface area (Å²) in [4.78, 5) is 2.21. The van der Waals surface area contributed by atoms with E-state index in [4.69, 9.17) is 10.8 Å². The van der Waals surface area contributed by atoms with Crippen LogP contribution in [0.15, 0.2) is 22.7 Å². The molecule has 0 fully saturated rings. The summed E-state index contributed by atoms with van der Waals surface area (Å²) < 4.78 is 0.996. The SMILES string of the molecule is CC(C)N(CCO)Cc1cc(N)cc(Br)c1. The predicted molar refractivity (Wildman–Crippen MR) is 71.2 cm³/mol. The molecule has 3 nitrogen and oxygen atoms in total. The van der Waals surface area contributed by atoms with Crippen molar-refractivity contribution in [3.05, 3.63) is 28.2 Å². The van der Waals surface area contributed by atoms with Crippen LogP contribution >= 0.6 is 15.9 Å². The lowest BCUT2D eigenvalue weighted by Crippen LogP contribution is -2.32. The van der Waals surface area contributed by atoms with Crippen molar-refractivity contribution in [1.82, 2.24) is 4.90 Å². The lowest BCUT2D eigenvalue weighted by atomic mass is 10.1. The number of nitrogens with two attached hydrogens (primary N) is 1. The Labute approximate surface area is 105 Å². The van der Waals surface area contributed by atoms with Gasteiger partial charge in [0.2, 0.25) is 0 Å². The number of hydrogen-bond donors (Lipinski definition) is 2. The largest absolute Gasteiger partial charge is 0.399 e. The van der Waals surface area contributed by atoms with Crippen LogP contribution < -0.4 is 5.73 Å². The maximum absolute atomic E-state index is 9.00. The Morgan fingerprint density at radius 1 is 1.38 bits per heavy atom. The normalized spacial score (nSPS) is 11.4. The third-order valence-corrected chi connectivity index (χ3v) is 2.94. The summed E-state index contributed by atoms with van der Waals surface area (Å²) >= 11 is 3.43. The molecule has 1 aromatic carbocycles. The molecule has 0 saturated heterocycles. The molecule has 0 saturated carbocycles. The molecule has 0 unspecified atom stereocenters. The van der Waals surface area contributed by atoms with Crippen molar-refractivity contribution < 1.29 is 5.11 Å². The third-order valence-electron chi connectivity index (χ3n) is 2.48. The minimum atomic E-state index is 0.182. The van der Waals surface area contributed by atoms with E-state index in [9.17, 15) is 0 Å². The second kappa shape index (κ2) is 6.23. The predicted octanol–water partition coefficient (Wildman–Crippen LogP) is 2.23. The van der Waals surface area contributed by atoms with Gasteiger partial charge in [0.15, 0.2) is 0 Å². The van der Waals surface area contributed by atoms with Crippen LogP contribution in [0.3, 0.4) is 0 Å². The molecule has 0 aliphatic heterocycles. The molecule has 0 aliphatic carbocycles. The zero-order valence-corrected chi connectivity index (χ0v) is 11.4. The molecular weight excluding hydrogens is 268 g/mol. The van der Waals surface area contributed by atoms with Gasteiger partial charge in [-0.2, -0.15) is 0 Å². The van der Waals surface area contributed by atoms with E-state index < -0.39 is 0 Å². The van der Waals surface area contributed by atoms with Gasteiger partial charge in [-0.3, -0.25) is 4.90 Å². The Balaban J connectivity index is 2.76. The molecule has 1 rings (SSSR count). The molecule has 0 atom stereocenters. The zero-order valence-electron chi connectivity index (χ0n) is 9.78. The lowest BCUT2D eigenvalue weighted by Gasteiger charge is -2.25. The highest BCUT2D eigenvalue weighted by atomic mass is 79.9. The van der Waals surface area contributed by atoms with Gasteiger partial charge in [0.1, 0.15) is 0 Å². The van der Waals surface area contributed by atoms with Crippen molar-refractivity contribution >= 4 is 21.6 Å². The Morgan fingerprint density at radius 3 is 2.56 bits per heavy atom. The van der Waals surface area contributed by atoms with Crippen molar-refractivity contribution in [1.29, 1.82) is 0 Å². The van der Waals surface area contributed by atoms with Crippen molar-refractivity contribution in [2.45, 2.75) is 26.4 Å². The van der Waals surface area contributed by atoms with Crippen LogP contribution in [0.25, 0.3) is 0 Å². The van der Waals surface area contributed by atoms with E-state index in [2.05, 4.69) is 40.7 Å². The topological polar surface area (TPSA) is 49.5 Å². The zero-order chi connectivity index (χ0) is 12.1. The second-order valence-electron chi connectivity index (χ2n) is 4.18. The Kier molecular flexibility index (Phi) is 5.25. The molecule has 3 N–H and O–H groups in total. The molecule has 0 aromatic heterocycles. The number of nitrogens with zero attached hydrogens (tertiary/aromatic N) is 1. The van der Waals surface area contributed by atoms with E-state index in [-0.39, 0.29) is 6.61 Å². The van der Waals surface area contributed by atoms with Crippen LogP contribution in [-0.2, 0) is 6.54 Å². The summed E-state index contributed by atoms with van der Waals surface area (Å²) in [5, 5.41) is 9.00. The molecule has 1 aromatic rings. The molecule has 16 heavy (non-hydrogen) atoms. The summed E-state index contributed by atoms with van der Waals surface area (Å²) in [5.74, 6) is 0. The van der Waals surface area contributed by atoms with Crippen LogP contribution in [-0.4, -0.2) is 29.2 Å². The van der Waals surface area contributed by atoms with Gasteiger partial charge in [-0.25, -0.2) is 0 Å². The highest BCUT2D eigenvalue weighted by molar-refractivity contribution is 9.10. The fraction of sp³-hybridized carbons (Fsp3) is 0.500. The van der Waals surface area contributed by atoms with E-state index in [1.54, 1.807) is 0 Å². The number of benzene rings is 1. The van der Waals surface area contributed by atoms with Gasteiger partial charge >= 0.3 is 0 Å². The Morgan fingerprint density at radius 2 is 2.06 bits per heavy atom. The van der Waals surface area contributed by atoms with E-state index in [1.807, 2.05) is 12.1 Å². The van der Waals surface area contributed by atoms with E-state index in [0.29, 0.717) is 12.6 Å². The quantitative estimate of drug-likeness (QED) is 0.817. The number of nitrogen functional groups attached to an aromatic ring is 1. The molecule has 90 valence electrons. The van der Waals surface area contributed by atoms with Crippen molar-refractivity contribution in [3.8, 4) is 0 Å². The number of anilines is 1. The van der Waals surface area contributed by atoms with E-state index >= 15 is 0 Å². The number of hydrogen-bond acceptors (Lipinski definition) is 3. The number of halogens is 1. The standard InChI is InChI=1S/C12H19BrN2O/c1-9(2)15(3-4-16)8-10-5-11(13)7-12(14)6-10/h5-7,9,16H,3-4,8,14H2,1-2H3. The highest BCUT2D eigenvalue weighted by Crippen LogP contribution is 2.19. The van der Waals surface area contributed by atoms with Gasteiger partial charge in [0.25, 0.3) is 0 Å². The average molecular weight is 287 g/mol. The van der Waals surface area contributed by atoms with E-state index in [1.165, 1.54) is 0 Å². The fourth-order valence-corrected chi connectivity index (χ4v) is 2.21. The minimum absolute atomic E-state index is 0.182. The van der Waals surface area contributed by atoms with Gasteiger partial charge in [0.05, 0.1) is 6.61 Å². The first-order valence-corrected chi connectivity index (χ1v) is 6.22. The number of aliphatic hydroxyl groups is 1. The lowest BCUT2D eigenvalue weighted by molar-refractivity contribution is 0.159. The number of aliphatic hydroxyl groups excluding tert-OH is 1. The average Bonchev–Trinajstić information content (AvgIpc) is 2.15. The Bertz CT molecular complexity index is 322. The molecule has 0 radical (unpaired) electrons. The monoisotopic (exact) mass is 286 g/mol. The summed E-state index contributed by atoms with van der Waals surface area (Å²) in [6, 6.07) is 6.32. The molecule has 0 aliphatic rings. The highest BCUT2D eigenvalue weighted by Gasteiger charge is 2.09. The van der Waals surface area contributed by atoms with Crippen LogP contribution in [0.1, 0.15) is 19.4 Å². The first-order valence-electron chi connectivity index (χ1n) is 5.42. The van der Waals surface area contributed by atoms with Crippen LogP contribution in [0.2, 0.25) is 0 Å². The summed E-state index contributed by atoms with van der Waals surface area (Å²) in [5.41, 5.74) is 7.71. The Hall–Kier alpha value is -0.580. The first-order chi connectivity index (χ1) is 7.52. The molecule has 0 bridgehead atoms. The van der Waals surface area contributed by atoms with Crippen LogP contribution in [0, 0.1) is 0 Å². The summed E-state index contributed by atoms with van der Waals surface area (Å²) in [6.45, 7) is 5.92. The van der Waals surface area contributed by atoms with E-state index in [0.717, 1.165) is 22.3 Å². The smallest absolute Gasteiger partial charge is 0.0558 e. The minimum Gasteiger partial charge on any atom is -0.399 e. The fourth-order valence-electron chi connectivity index (χ4n) is 1.65. The van der Waals surface area contributed by atoms with Crippen molar-refractivity contribution in [3.63, 3.8) is 0 Å². The number of rotatable bonds is 5. The van der Waals surface area contributed by atoms with Gasteiger partial charge < -0.3 is 10.8 Å². The molecule has 0 heterocycles. The summed E-state index contributed by atoms with van der Waals surface area (Å²) in [7, 11) is 0. The van der Waals surface area contributed by atoms with Gasteiger partial charge in [0, 0.05) is 29.3 Å². The molecular formula is C12H19BrN2O. The van der Waals surface area contributed by atoms with Crippen LogP contribution in [0.5, 0.6) is 0 Å². The molecule has 4 heteroatoms. The van der Waals surface area contributed by atoms with Gasteiger partial charge in [-0.15, -0.1) is 0 Å². The van der Waals surface area contributed by atoms with Crippen molar-refractivity contribution in [2.75, 3.05) is 18.9 Å². The molecule has 0 spiro atoms. The second-order valence-corrected chi connectivity index (χ2v) is 5.10. The van der Waals surface area contributed by atoms with Gasteiger partial charge in [-0.05, 0) is 37.6 Å². The third kappa shape index (κ3) is 4.12. The maximum atomic E-state index is 9.00. The van der Waals surface area contributed by atoms with Gasteiger partial charge in [-0.1, -0.05) is 15.9 Å². The van der Waals surface area contributed by atoms with Crippen LogP contribution in [0.4, 0.5) is 5.69 Å². The maximum Gasteiger partial charge on any atom is 0.0558 e. The summed E-state index contributed by atoms with van der Waals surface area (Å²) in [6.07, 6.45) is 0.